The summed E-state index contributed by atoms with van der Waals surface area (Å²) in [6.07, 6.45) is -5.49. The maximum absolute atomic E-state index is 13.6. The number of hydrogen-bond donors (Lipinski definition) is 3. The van der Waals surface area contributed by atoms with Gasteiger partial charge in [-0.05, 0) is 42.2 Å². The Hall–Kier alpha value is -2.17. The summed E-state index contributed by atoms with van der Waals surface area (Å²) in [5.74, 6) is -4.76. The van der Waals surface area contributed by atoms with E-state index < -0.39 is 57.6 Å². The molecule has 0 aliphatic heterocycles. The van der Waals surface area contributed by atoms with Crippen LogP contribution in [0.1, 0.15) is 24.3 Å². The normalized spacial score (nSPS) is 15.8. The van der Waals surface area contributed by atoms with Crippen molar-refractivity contribution < 1.29 is 31.7 Å². The van der Waals surface area contributed by atoms with Gasteiger partial charge < -0.3 is 10.8 Å². The largest absolute Gasteiger partial charge is 0.480 e. The number of halogens is 5. The van der Waals surface area contributed by atoms with E-state index in [2.05, 4.69) is 0 Å². The zero-order valence-corrected chi connectivity index (χ0v) is 17.7. The molecule has 170 valence electrons. The van der Waals surface area contributed by atoms with Crippen molar-refractivity contribution in [3.63, 3.8) is 0 Å². The molecule has 0 aliphatic carbocycles. The van der Waals surface area contributed by atoms with Crippen LogP contribution in [0, 0.1) is 10.6 Å². The Balaban J connectivity index is 2.17. The molecule has 4 N–H and O–H groups in total. The van der Waals surface area contributed by atoms with E-state index in [0.29, 0.717) is 11.1 Å². The Morgan fingerprint density at radius 1 is 1.13 bits per heavy atom. The van der Waals surface area contributed by atoms with E-state index >= 15 is 0 Å². The van der Waals surface area contributed by atoms with Crippen LogP contribution in [0.25, 0.3) is 11.1 Å². The van der Waals surface area contributed by atoms with Crippen LogP contribution in [-0.4, -0.2) is 39.0 Å². The molecule has 2 aromatic carbocycles. The minimum Gasteiger partial charge on any atom is -0.480 e. The summed E-state index contributed by atoms with van der Waals surface area (Å²) >= 11 is 5.99. The molecule has 3 atom stereocenters. The van der Waals surface area contributed by atoms with Crippen molar-refractivity contribution in [1.29, 1.82) is 4.78 Å². The first kappa shape index (κ1) is 25.1. The molecule has 11 heteroatoms. The van der Waals surface area contributed by atoms with Gasteiger partial charge in [0.25, 0.3) is 0 Å². The number of rotatable bonds is 9. The van der Waals surface area contributed by atoms with E-state index in [1.807, 2.05) is 0 Å². The van der Waals surface area contributed by atoms with Crippen molar-refractivity contribution in [2.24, 2.45) is 5.73 Å². The van der Waals surface area contributed by atoms with Crippen LogP contribution in [0.2, 0.25) is 5.02 Å². The number of aliphatic carboxylic acids is 1. The van der Waals surface area contributed by atoms with Gasteiger partial charge in [-0.15, -0.1) is 0 Å². The molecule has 0 radical (unpaired) electrons. The molecule has 0 saturated carbocycles. The van der Waals surface area contributed by atoms with Crippen molar-refractivity contribution in [2.45, 2.75) is 31.0 Å². The maximum atomic E-state index is 13.6. The summed E-state index contributed by atoms with van der Waals surface area (Å²) in [6.45, 7) is 0. The Morgan fingerprint density at radius 2 is 1.71 bits per heavy atom. The fourth-order valence-electron chi connectivity index (χ4n) is 2.99. The van der Waals surface area contributed by atoms with Gasteiger partial charge in [-0.25, -0.2) is 8.60 Å². The monoisotopic (exact) mass is 480 g/mol. The molecule has 0 aromatic heterocycles. The zero-order chi connectivity index (χ0) is 23.4. The smallest absolute Gasteiger partial charge is 0.395 e. The van der Waals surface area contributed by atoms with Crippen molar-refractivity contribution in [1.82, 2.24) is 0 Å². The molecule has 2 rings (SSSR count). The minimum absolute atomic E-state index is 0.0769. The summed E-state index contributed by atoms with van der Waals surface area (Å²) in [5, 5.41) is 8.85. The lowest BCUT2D eigenvalue weighted by molar-refractivity contribution is -0.150. The number of nitrogens with one attached hydrogen (secondary N) is 1. The quantitative estimate of drug-likeness (QED) is 0.438. The Morgan fingerprint density at radius 3 is 2.23 bits per heavy atom. The third-order valence-electron chi connectivity index (χ3n) is 4.76. The average Bonchev–Trinajstić information content (AvgIpc) is 2.66. The fraction of sp³-hybridized carbons (Fsp3) is 0.350. The number of nitrogens with two attached hydrogens (primary N) is 1. The molecule has 31 heavy (non-hydrogen) atoms. The van der Waals surface area contributed by atoms with Crippen LogP contribution in [0.3, 0.4) is 0 Å². The minimum atomic E-state index is -4.64. The molecule has 0 bridgehead atoms. The van der Waals surface area contributed by atoms with Gasteiger partial charge in [0, 0.05) is 26.8 Å². The highest BCUT2D eigenvalue weighted by molar-refractivity contribution is 7.92. The van der Waals surface area contributed by atoms with Crippen LogP contribution in [0.4, 0.5) is 17.6 Å². The van der Waals surface area contributed by atoms with E-state index in [1.165, 1.54) is 36.4 Å². The number of carboxylic acids is 1. The molecule has 2 aromatic rings. The standard InChI is InChI=1S/C20H21ClF4N2O3S/c21-17-11-14(22)5-6-15(17)12-1-3-13(4-2-12)16(20(23,24)25)7-9-31(27,30)10-8-18(26)19(28)29/h1-6,11,16,18,27H,7-10,26H2,(H,28,29)/t16?,18-,31?/m0/s1. The number of hydrogen-bond acceptors (Lipinski definition) is 4. The van der Waals surface area contributed by atoms with E-state index in [0.717, 1.165) is 6.07 Å². The van der Waals surface area contributed by atoms with E-state index in [-0.39, 0.29) is 17.0 Å². The molecule has 0 saturated heterocycles. The van der Waals surface area contributed by atoms with Gasteiger partial charge >= 0.3 is 12.1 Å². The number of carbonyl (C=O) groups is 1. The first-order valence-corrected chi connectivity index (χ1v) is 11.4. The van der Waals surface area contributed by atoms with Crippen LogP contribution in [0.15, 0.2) is 42.5 Å². The molecule has 5 nitrogen and oxygen atoms in total. The fourth-order valence-corrected chi connectivity index (χ4v) is 4.72. The highest BCUT2D eigenvalue weighted by Gasteiger charge is 2.40. The molecule has 0 heterocycles. The van der Waals surface area contributed by atoms with Crippen LogP contribution >= 0.6 is 11.6 Å². The summed E-state index contributed by atoms with van der Waals surface area (Å²) in [6, 6.07) is 7.77. The van der Waals surface area contributed by atoms with E-state index in [1.54, 1.807) is 0 Å². The van der Waals surface area contributed by atoms with Gasteiger partial charge in [0.2, 0.25) is 0 Å². The van der Waals surface area contributed by atoms with Gasteiger partial charge in [0.05, 0.1) is 10.9 Å². The second-order valence-electron chi connectivity index (χ2n) is 7.08. The molecule has 0 spiro atoms. The molecular weight excluding hydrogens is 460 g/mol. The molecule has 0 fully saturated rings. The van der Waals surface area contributed by atoms with E-state index in [9.17, 15) is 26.6 Å². The van der Waals surface area contributed by atoms with Gasteiger partial charge in [0.15, 0.2) is 0 Å². The summed E-state index contributed by atoms with van der Waals surface area (Å²) < 4.78 is 74.1. The highest BCUT2D eigenvalue weighted by atomic mass is 35.5. The van der Waals surface area contributed by atoms with Crippen molar-refractivity contribution in [3.05, 3.63) is 58.9 Å². The van der Waals surface area contributed by atoms with Crippen molar-refractivity contribution in [2.75, 3.05) is 11.5 Å². The third-order valence-corrected chi connectivity index (χ3v) is 6.87. The average molecular weight is 481 g/mol. The van der Waals surface area contributed by atoms with Gasteiger partial charge in [0.1, 0.15) is 11.9 Å². The predicted octanol–water partition coefficient (Wildman–Crippen LogP) is 5.03. The lowest BCUT2D eigenvalue weighted by atomic mass is 9.93. The van der Waals surface area contributed by atoms with Crippen LogP contribution in [0.5, 0.6) is 0 Å². The van der Waals surface area contributed by atoms with Crippen LogP contribution < -0.4 is 5.73 Å². The summed E-state index contributed by atoms with van der Waals surface area (Å²) in [5.41, 5.74) is 6.19. The number of carboxylic acid groups (broad SMARTS) is 1. The molecule has 0 aliphatic rings. The van der Waals surface area contributed by atoms with Gasteiger partial charge in [-0.1, -0.05) is 35.9 Å². The molecular formula is C20H21ClF4N2O3S. The van der Waals surface area contributed by atoms with Crippen LogP contribution in [-0.2, 0) is 14.5 Å². The van der Waals surface area contributed by atoms with Gasteiger partial charge in [-0.2, -0.15) is 13.2 Å². The Labute approximate surface area is 182 Å². The Kier molecular flexibility index (Phi) is 8.07. The lowest BCUT2D eigenvalue weighted by Crippen LogP contribution is -2.32. The van der Waals surface area contributed by atoms with Crippen molar-refractivity contribution >= 4 is 27.3 Å². The predicted molar refractivity (Wildman–Crippen MR) is 111 cm³/mol. The second kappa shape index (κ2) is 9.97. The second-order valence-corrected chi connectivity index (χ2v) is 9.93. The third kappa shape index (κ3) is 7.19. The zero-order valence-electron chi connectivity index (χ0n) is 16.2. The molecule has 2 unspecified atom stereocenters. The summed E-state index contributed by atoms with van der Waals surface area (Å²) in [4.78, 5) is 10.7. The first-order chi connectivity index (χ1) is 14.3. The Bertz CT molecular complexity index is 1030. The highest BCUT2D eigenvalue weighted by Crippen LogP contribution is 2.39. The summed E-state index contributed by atoms with van der Waals surface area (Å²) in [7, 11) is -3.43. The molecule has 0 amide bonds. The van der Waals surface area contributed by atoms with E-state index in [4.69, 9.17) is 27.2 Å². The maximum Gasteiger partial charge on any atom is 0.395 e. The van der Waals surface area contributed by atoms with Crippen molar-refractivity contribution in [3.8, 4) is 11.1 Å². The number of alkyl halides is 3. The first-order valence-electron chi connectivity index (χ1n) is 9.15. The lowest BCUT2D eigenvalue weighted by Gasteiger charge is -2.22. The topological polar surface area (TPSA) is 104 Å². The number of benzene rings is 2. The van der Waals surface area contributed by atoms with Gasteiger partial charge in [-0.3, -0.25) is 9.57 Å². The SMILES string of the molecule is N=S(=O)(CCC(c1ccc(-c2ccc(F)cc2Cl)cc1)C(F)(F)F)CC[C@H](N)C(=O)O.